The lowest BCUT2D eigenvalue weighted by molar-refractivity contribution is 0.569. The highest BCUT2D eigenvalue weighted by molar-refractivity contribution is 5.81. The first-order chi connectivity index (χ1) is 14.3. The summed E-state index contributed by atoms with van der Waals surface area (Å²) < 4.78 is 0. The Morgan fingerprint density at radius 3 is 1.81 bits per heavy atom. The van der Waals surface area contributed by atoms with Gasteiger partial charge in [0.2, 0.25) is 0 Å². The first-order valence-corrected chi connectivity index (χ1v) is 11.1. The van der Waals surface area contributed by atoms with Crippen LogP contribution in [0, 0.1) is 20.8 Å². The zero-order chi connectivity index (χ0) is 23.0. The molecule has 0 aliphatic heterocycles. The van der Waals surface area contributed by atoms with Crippen molar-refractivity contribution in [1.29, 1.82) is 0 Å². The van der Waals surface area contributed by atoms with Crippen molar-refractivity contribution in [1.82, 2.24) is 4.98 Å². The molecule has 0 saturated carbocycles. The van der Waals surface area contributed by atoms with E-state index in [-0.39, 0.29) is 10.8 Å². The van der Waals surface area contributed by atoms with Gasteiger partial charge >= 0.3 is 0 Å². The van der Waals surface area contributed by atoms with Crippen LogP contribution in [0.3, 0.4) is 0 Å². The first kappa shape index (κ1) is 22.9. The second-order valence-corrected chi connectivity index (χ2v) is 10.8. The number of aliphatic imine (C=N–C) groups is 1. The molecule has 3 aromatic rings. The third-order valence-corrected chi connectivity index (χ3v) is 5.69. The smallest absolute Gasteiger partial charge is 0.0820 e. The Morgan fingerprint density at radius 2 is 1.29 bits per heavy atom. The van der Waals surface area contributed by atoms with E-state index in [4.69, 9.17) is 9.98 Å². The minimum Gasteiger partial charge on any atom is -0.254 e. The predicted octanol–water partition coefficient (Wildman–Crippen LogP) is 8.02. The van der Waals surface area contributed by atoms with Gasteiger partial charge in [0.15, 0.2) is 0 Å². The number of hydrogen-bond acceptors (Lipinski definition) is 2. The van der Waals surface area contributed by atoms with Crippen LogP contribution in [0.15, 0.2) is 53.5 Å². The van der Waals surface area contributed by atoms with E-state index in [1.54, 1.807) is 0 Å². The Hall–Kier alpha value is -2.74. The minimum absolute atomic E-state index is 0.0789. The van der Waals surface area contributed by atoms with Crippen LogP contribution in [-0.4, -0.2) is 11.2 Å². The van der Waals surface area contributed by atoms with Crippen molar-refractivity contribution < 1.29 is 0 Å². The average molecular weight is 413 g/mol. The summed E-state index contributed by atoms with van der Waals surface area (Å²) in [6.45, 7) is 19.9. The van der Waals surface area contributed by atoms with E-state index >= 15 is 0 Å². The van der Waals surface area contributed by atoms with Crippen molar-refractivity contribution >= 4 is 11.9 Å². The minimum atomic E-state index is 0.0789. The zero-order valence-corrected chi connectivity index (χ0v) is 20.6. The van der Waals surface area contributed by atoms with Crippen LogP contribution in [0.2, 0.25) is 0 Å². The fourth-order valence-electron chi connectivity index (χ4n) is 3.83. The van der Waals surface area contributed by atoms with Gasteiger partial charge in [0.1, 0.15) is 0 Å². The summed E-state index contributed by atoms with van der Waals surface area (Å²) in [7, 11) is 0. The summed E-state index contributed by atoms with van der Waals surface area (Å²) in [4.78, 5) is 9.71. The van der Waals surface area contributed by atoms with E-state index in [0.717, 1.165) is 22.6 Å². The average Bonchev–Trinajstić information content (AvgIpc) is 2.65. The molecule has 0 unspecified atom stereocenters. The number of aromatic nitrogens is 1. The van der Waals surface area contributed by atoms with Gasteiger partial charge < -0.3 is 0 Å². The number of aryl methyl sites for hydroxylation is 3. The molecule has 0 aliphatic carbocycles. The largest absolute Gasteiger partial charge is 0.254 e. The molecule has 0 saturated heterocycles. The molecule has 0 atom stereocenters. The Bertz CT molecular complexity index is 1070. The molecule has 0 aliphatic rings. The van der Waals surface area contributed by atoms with E-state index in [0.29, 0.717) is 0 Å². The van der Waals surface area contributed by atoms with Crippen LogP contribution < -0.4 is 0 Å². The molecule has 2 nitrogen and oxygen atoms in total. The number of pyridine rings is 1. The summed E-state index contributed by atoms with van der Waals surface area (Å²) in [5.41, 5.74) is 10.5. The lowest BCUT2D eigenvalue weighted by atomic mass is 9.79. The highest BCUT2D eigenvalue weighted by Crippen LogP contribution is 2.33. The van der Waals surface area contributed by atoms with Gasteiger partial charge in [-0.2, -0.15) is 0 Å². The molecule has 0 spiro atoms. The fourth-order valence-corrected chi connectivity index (χ4v) is 3.83. The maximum Gasteiger partial charge on any atom is 0.0820 e. The third-order valence-electron chi connectivity index (χ3n) is 5.69. The van der Waals surface area contributed by atoms with E-state index in [2.05, 4.69) is 105 Å². The molecule has 162 valence electrons. The van der Waals surface area contributed by atoms with E-state index in [9.17, 15) is 0 Å². The van der Waals surface area contributed by atoms with Gasteiger partial charge in [-0.25, -0.2) is 4.98 Å². The number of rotatable bonds is 3. The number of benzene rings is 2. The molecule has 2 aromatic carbocycles. The number of nitrogens with zero attached hydrogens (tertiary/aromatic N) is 2. The highest BCUT2D eigenvalue weighted by atomic mass is 14.8. The van der Waals surface area contributed by atoms with Crippen LogP contribution in [0.25, 0.3) is 11.3 Å². The standard InChI is InChI=1S/C29H36N2/c1-19-13-20(2)27(21(3)14-19)30-18-25-11-10-12-26(31-25)22-15-23(28(4,5)6)17-24(16-22)29(7,8)9/h10-18H,1-9H3. The van der Waals surface area contributed by atoms with Crippen LogP contribution >= 0.6 is 0 Å². The zero-order valence-electron chi connectivity index (χ0n) is 20.6. The molecule has 0 bridgehead atoms. The molecule has 1 aromatic heterocycles. The van der Waals surface area contributed by atoms with Gasteiger partial charge in [0.25, 0.3) is 0 Å². The summed E-state index contributed by atoms with van der Waals surface area (Å²) in [5, 5.41) is 0. The summed E-state index contributed by atoms with van der Waals surface area (Å²) >= 11 is 0. The fraction of sp³-hybridized carbons (Fsp3) is 0.379. The molecule has 0 fully saturated rings. The van der Waals surface area contributed by atoms with E-state index in [1.807, 2.05) is 12.3 Å². The van der Waals surface area contributed by atoms with Crippen LogP contribution in [-0.2, 0) is 10.8 Å². The molecule has 31 heavy (non-hydrogen) atoms. The lowest BCUT2D eigenvalue weighted by Gasteiger charge is -2.26. The van der Waals surface area contributed by atoms with Gasteiger partial charge in [0.05, 0.1) is 23.3 Å². The molecular formula is C29H36N2. The second-order valence-electron chi connectivity index (χ2n) is 10.8. The molecule has 1 heterocycles. The summed E-state index contributed by atoms with van der Waals surface area (Å²) in [6, 6.07) is 17.4. The van der Waals surface area contributed by atoms with Crippen molar-refractivity contribution in [2.75, 3.05) is 0 Å². The Kier molecular flexibility index (Phi) is 6.23. The number of hydrogen-bond donors (Lipinski definition) is 0. The molecule has 0 amide bonds. The van der Waals surface area contributed by atoms with Gasteiger partial charge in [-0.1, -0.05) is 71.4 Å². The van der Waals surface area contributed by atoms with Crippen LogP contribution in [0.5, 0.6) is 0 Å². The Labute approximate surface area is 188 Å². The third kappa shape index (κ3) is 5.50. The quantitative estimate of drug-likeness (QED) is 0.400. The topological polar surface area (TPSA) is 25.2 Å². The molecular weight excluding hydrogens is 376 g/mol. The maximum atomic E-state index is 4.93. The monoisotopic (exact) mass is 412 g/mol. The van der Waals surface area contributed by atoms with Crippen LogP contribution in [0.1, 0.15) is 75.1 Å². The highest BCUT2D eigenvalue weighted by Gasteiger charge is 2.21. The maximum absolute atomic E-state index is 4.93. The van der Waals surface area contributed by atoms with Crippen molar-refractivity contribution in [3.63, 3.8) is 0 Å². The lowest BCUT2D eigenvalue weighted by Crippen LogP contribution is -2.16. The SMILES string of the molecule is Cc1cc(C)c(N=Cc2cccc(-c3cc(C(C)(C)C)cc(C(C)(C)C)c3)n2)c(C)c1. The predicted molar refractivity (Wildman–Crippen MR) is 135 cm³/mol. The van der Waals surface area contributed by atoms with Crippen molar-refractivity contribution in [3.8, 4) is 11.3 Å². The van der Waals surface area contributed by atoms with Gasteiger partial charge in [-0.05, 0) is 78.1 Å². The summed E-state index contributed by atoms with van der Waals surface area (Å²) in [5.74, 6) is 0. The van der Waals surface area contributed by atoms with Crippen LogP contribution in [0.4, 0.5) is 5.69 Å². The molecule has 2 heteroatoms. The Morgan fingerprint density at radius 1 is 0.742 bits per heavy atom. The summed E-state index contributed by atoms with van der Waals surface area (Å²) in [6.07, 6.45) is 1.88. The van der Waals surface area contributed by atoms with E-state index in [1.165, 1.54) is 27.8 Å². The molecule has 0 radical (unpaired) electrons. The van der Waals surface area contributed by atoms with E-state index < -0.39 is 0 Å². The van der Waals surface area contributed by atoms with Crippen molar-refractivity contribution in [2.24, 2.45) is 4.99 Å². The van der Waals surface area contributed by atoms with Crippen molar-refractivity contribution in [2.45, 2.75) is 73.1 Å². The van der Waals surface area contributed by atoms with Crippen molar-refractivity contribution in [3.05, 3.63) is 82.0 Å². The Balaban J connectivity index is 2.04. The first-order valence-electron chi connectivity index (χ1n) is 11.1. The van der Waals surface area contributed by atoms with Gasteiger partial charge in [-0.15, -0.1) is 0 Å². The van der Waals surface area contributed by atoms with Gasteiger partial charge in [-0.3, -0.25) is 4.99 Å². The molecule has 0 N–H and O–H groups in total. The van der Waals surface area contributed by atoms with Gasteiger partial charge in [0, 0.05) is 5.56 Å². The molecule has 3 rings (SSSR count). The normalized spacial score (nSPS) is 12.5. The second kappa shape index (κ2) is 8.42.